The summed E-state index contributed by atoms with van der Waals surface area (Å²) < 4.78 is 10.3. The predicted molar refractivity (Wildman–Crippen MR) is 118 cm³/mol. The Morgan fingerprint density at radius 2 is 2.30 bits per heavy atom. The van der Waals surface area contributed by atoms with Crippen molar-refractivity contribution in [2.75, 3.05) is 24.3 Å². The zero-order valence-electron chi connectivity index (χ0n) is 15.5. The van der Waals surface area contributed by atoms with Crippen molar-refractivity contribution in [1.29, 1.82) is 0 Å². The molecule has 1 aromatic carbocycles. The van der Waals surface area contributed by atoms with Crippen LogP contribution in [0, 0.1) is 13.8 Å². The second-order valence-electron chi connectivity index (χ2n) is 6.04. The number of anilines is 1. The van der Waals surface area contributed by atoms with Crippen molar-refractivity contribution in [2.45, 2.75) is 20.3 Å². The molecule has 0 aliphatic carbocycles. The molecular weight excluding hydrogens is 378 g/mol. The lowest BCUT2D eigenvalue weighted by Crippen LogP contribution is -2.35. The van der Waals surface area contributed by atoms with Gasteiger partial charge in [0.25, 0.3) is 0 Å². The van der Waals surface area contributed by atoms with Crippen LogP contribution in [0.1, 0.15) is 23.1 Å². The number of hydrogen-bond acceptors (Lipinski definition) is 7. The zero-order valence-corrected chi connectivity index (χ0v) is 17.1. The van der Waals surface area contributed by atoms with Crippen molar-refractivity contribution >= 4 is 47.5 Å². The first kappa shape index (κ1) is 19.4. The summed E-state index contributed by atoms with van der Waals surface area (Å²) in [7, 11) is 0. The van der Waals surface area contributed by atoms with Crippen LogP contribution in [0.4, 0.5) is 5.69 Å². The molecule has 0 spiro atoms. The number of ether oxygens (including phenoxy) is 1. The largest absolute Gasteiger partial charge is 0.481 e. The van der Waals surface area contributed by atoms with Gasteiger partial charge in [-0.1, -0.05) is 0 Å². The highest BCUT2D eigenvalue weighted by Crippen LogP contribution is 2.27. The minimum atomic E-state index is 0.407. The van der Waals surface area contributed by atoms with Gasteiger partial charge < -0.3 is 15.4 Å². The van der Waals surface area contributed by atoms with E-state index in [0.29, 0.717) is 11.8 Å². The third kappa shape index (κ3) is 5.33. The number of rotatable bonds is 6. The van der Waals surface area contributed by atoms with Gasteiger partial charge in [-0.25, -0.2) is 4.99 Å². The van der Waals surface area contributed by atoms with Gasteiger partial charge in [-0.05, 0) is 61.7 Å². The van der Waals surface area contributed by atoms with Gasteiger partial charge in [0.05, 0.1) is 0 Å². The van der Waals surface area contributed by atoms with Crippen LogP contribution < -0.4 is 15.4 Å². The molecule has 0 radical (unpaired) electrons. The predicted octanol–water partition coefficient (Wildman–Crippen LogP) is 4.26. The van der Waals surface area contributed by atoms with Crippen LogP contribution in [-0.2, 0) is 0 Å². The molecular formula is C19H23N5OS2. The normalized spacial score (nSPS) is 14.3. The van der Waals surface area contributed by atoms with Gasteiger partial charge in [0, 0.05) is 41.7 Å². The molecule has 1 aliphatic heterocycles. The first-order valence-electron chi connectivity index (χ1n) is 8.66. The van der Waals surface area contributed by atoms with E-state index in [-0.39, 0.29) is 0 Å². The molecule has 27 heavy (non-hydrogen) atoms. The molecule has 6 nitrogen and oxygen atoms in total. The molecule has 0 saturated heterocycles. The van der Waals surface area contributed by atoms with E-state index in [0.717, 1.165) is 53.6 Å². The van der Waals surface area contributed by atoms with Gasteiger partial charge in [-0.15, -0.1) is 0 Å². The highest BCUT2D eigenvalue weighted by Gasteiger charge is 2.10. The highest BCUT2D eigenvalue weighted by atomic mass is 32.2. The number of aryl methyl sites for hydroxylation is 2. The maximum absolute atomic E-state index is 5.90. The second kappa shape index (κ2) is 9.57. The fourth-order valence-corrected chi connectivity index (χ4v) is 3.72. The van der Waals surface area contributed by atoms with Crippen molar-refractivity contribution in [2.24, 2.45) is 14.4 Å². The van der Waals surface area contributed by atoms with E-state index in [1.807, 2.05) is 29.8 Å². The van der Waals surface area contributed by atoms with Crippen LogP contribution in [0.3, 0.4) is 0 Å². The molecule has 0 unspecified atom stereocenters. The van der Waals surface area contributed by atoms with Crippen LogP contribution in [0.5, 0.6) is 5.75 Å². The number of nitrogens with one attached hydrogen (secondary N) is 2. The van der Waals surface area contributed by atoms with Gasteiger partial charge in [-0.3, -0.25) is 4.99 Å². The summed E-state index contributed by atoms with van der Waals surface area (Å²) in [6.07, 6.45) is 1.08. The van der Waals surface area contributed by atoms with Crippen LogP contribution in [0.25, 0.3) is 0 Å². The minimum Gasteiger partial charge on any atom is -0.481 e. The van der Waals surface area contributed by atoms with Crippen molar-refractivity contribution in [3.05, 3.63) is 45.6 Å². The molecule has 0 fully saturated rings. The van der Waals surface area contributed by atoms with E-state index in [2.05, 4.69) is 44.7 Å². The molecule has 1 aliphatic rings. The Morgan fingerprint density at radius 1 is 1.41 bits per heavy atom. The lowest BCUT2D eigenvalue weighted by atomic mass is 10.1. The molecule has 0 bridgehead atoms. The van der Waals surface area contributed by atoms with Gasteiger partial charge in [0.15, 0.2) is 17.7 Å². The molecule has 2 heterocycles. The van der Waals surface area contributed by atoms with Crippen LogP contribution in [-0.4, -0.2) is 37.5 Å². The molecule has 1 aromatic heterocycles. The van der Waals surface area contributed by atoms with E-state index in [1.165, 1.54) is 11.9 Å². The first-order valence-corrected chi connectivity index (χ1v) is 10.5. The lowest BCUT2D eigenvalue weighted by molar-refractivity contribution is 0.390. The Balaban J connectivity index is 1.59. The van der Waals surface area contributed by atoms with Gasteiger partial charge >= 0.3 is 0 Å². The number of amidine groups is 1. The number of nitrogens with zero attached hydrogens (tertiary/aromatic N) is 3. The third-order valence-electron chi connectivity index (χ3n) is 4.02. The quantitative estimate of drug-likeness (QED) is 0.249. The maximum atomic E-state index is 5.90. The van der Waals surface area contributed by atoms with E-state index in [1.54, 1.807) is 11.3 Å². The summed E-state index contributed by atoms with van der Waals surface area (Å²) in [5, 5.41) is 10.6. The number of thiophene rings is 1. The van der Waals surface area contributed by atoms with E-state index >= 15 is 0 Å². The number of benzene rings is 1. The Labute approximate surface area is 168 Å². The summed E-state index contributed by atoms with van der Waals surface area (Å²) in [6.45, 7) is 9.49. The molecule has 8 heteroatoms. The Bertz CT molecular complexity index is 846. The van der Waals surface area contributed by atoms with Crippen LogP contribution >= 0.6 is 23.3 Å². The molecule has 0 atom stereocenters. The van der Waals surface area contributed by atoms with E-state index in [9.17, 15) is 0 Å². The monoisotopic (exact) mass is 401 g/mol. The zero-order chi connectivity index (χ0) is 19.1. The Kier molecular flexibility index (Phi) is 6.89. The number of aliphatic imine (C=N–C) groups is 2. The summed E-state index contributed by atoms with van der Waals surface area (Å²) >= 11 is 2.93. The van der Waals surface area contributed by atoms with Crippen molar-refractivity contribution in [3.8, 4) is 5.75 Å². The molecule has 3 rings (SSSR count). The van der Waals surface area contributed by atoms with E-state index in [4.69, 9.17) is 4.74 Å². The summed E-state index contributed by atoms with van der Waals surface area (Å²) in [5.74, 6) is 2.71. The second-order valence-corrected chi connectivity index (χ2v) is 7.50. The fourth-order valence-electron chi connectivity index (χ4n) is 2.57. The third-order valence-corrected chi connectivity index (χ3v) is 5.23. The number of hydrogen-bond donors (Lipinski definition) is 2. The smallest absolute Gasteiger partial charge is 0.195 e. The SMILES string of the molecule is C=N/C(=N\SCOc1cc(C)c(NC2=NCCCN2)cc1C)c1ccsc1. The molecule has 0 saturated carbocycles. The van der Waals surface area contributed by atoms with E-state index < -0.39 is 0 Å². The first-order chi connectivity index (χ1) is 13.2. The molecule has 0 amide bonds. The fraction of sp³-hybridized carbons (Fsp3) is 0.316. The topological polar surface area (TPSA) is 70.4 Å². The lowest BCUT2D eigenvalue weighted by Gasteiger charge is -2.18. The number of guanidine groups is 1. The average Bonchev–Trinajstić information content (AvgIpc) is 3.21. The molecule has 142 valence electrons. The highest BCUT2D eigenvalue weighted by molar-refractivity contribution is 7.98. The maximum Gasteiger partial charge on any atom is 0.195 e. The van der Waals surface area contributed by atoms with Crippen molar-refractivity contribution < 1.29 is 4.74 Å². The Hall–Kier alpha value is -2.32. The molecule has 2 N–H and O–H groups in total. The van der Waals surface area contributed by atoms with Crippen LogP contribution in [0.15, 0.2) is 43.3 Å². The van der Waals surface area contributed by atoms with Gasteiger partial charge in [-0.2, -0.15) is 15.7 Å². The standard InChI is InChI=1S/C19H23N5OS2/c1-13-10-17(14(2)9-16(13)23-19-21-6-4-7-22-19)25-12-27-24-18(20-3)15-5-8-26-11-15/h5,8-11H,3-4,6-7,12H2,1-2H3,(H2,21,22,23)/b24-18-. The molecule has 2 aromatic rings. The summed E-state index contributed by atoms with van der Waals surface area (Å²) in [5.41, 5.74) is 4.17. The Morgan fingerprint density at radius 3 is 3.00 bits per heavy atom. The minimum absolute atomic E-state index is 0.407. The summed E-state index contributed by atoms with van der Waals surface area (Å²) in [6, 6.07) is 6.10. The van der Waals surface area contributed by atoms with Crippen molar-refractivity contribution in [3.63, 3.8) is 0 Å². The van der Waals surface area contributed by atoms with Crippen molar-refractivity contribution in [1.82, 2.24) is 5.32 Å². The summed E-state index contributed by atoms with van der Waals surface area (Å²) in [4.78, 5) is 8.43. The van der Waals surface area contributed by atoms with Crippen LogP contribution in [0.2, 0.25) is 0 Å². The average molecular weight is 402 g/mol. The van der Waals surface area contributed by atoms with Gasteiger partial charge in [0.2, 0.25) is 0 Å². The van der Waals surface area contributed by atoms with Gasteiger partial charge in [0.1, 0.15) is 5.75 Å².